The molecule has 0 saturated heterocycles. The van der Waals surface area contributed by atoms with Crippen molar-refractivity contribution >= 4 is 12.6 Å². The van der Waals surface area contributed by atoms with Crippen LogP contribution in [0, 0.1) is 13.8 Å². The zero-order valence-corrected chi connectivity index (χ0v) is 11.5. The van der Waals surface area contributed by atoms with Gasteiger partial charge in [-0.25, -0.2) is 0 Å². The molecule has 0 amide bonds. The molecule has 1 rings (SSSR count). The number of ether oxygens (including phenoxy) is 1. The average molecular weight is 239 g/mol. The summed E-state index contributed by atoms with van der Waals surface area (Å²) in [5.74, 6) is 1.78. The Bertz CT molecular complexity index is 352. The van der Waals surface area contributed by atoms with Crippen molar-refractivity contribution in [2.45, 2.75) is 20.3 Å². The normalized spacial score (nSPS) is 10.9. The van der Waals surface area contributed by atoms with Gasteiger partial charge >= 0.3 is 0 Å². The summed E-state index contributed by atoms with van der Waals surface area (Å²) >= 11 is 4.24. The molecule has 0 aromatic heterocycles. The number of methoxy groups -OCH3 is 1. The molecule has 0 N–H and O–H groups in total. The smallest absolute Gasteiger partial charge is 0.122 e. The Morgan fingerprint density at radius 2 is 1.88 bits per heavy atom. The lowest BCUT2D eigenvalue weighted by Gasteiger charge is -2.16. The van der Waals surface area contributed by atoms with Crippen LogP contribution in [-0.4, -0.2) is 31.5 Å². The van der Waals surface area contributed by atoms with Crippen LogP contribution >= 0.6 is 12.6 Å². The third-order valence-electron chi connectivity index (χ3n) is 2.90. The first kappa shape index (κ1) is 13.4. The fourth-order valence-electron chi connectivity index (χ4n) is 1.62. The van der Waals surface area contributed by atoms with Crippen LogP contribution in [0.5, 0.6) is 5.75 Å². The molecule has 90 valence electrons. The Labute approximate surface area is 104 Å². The Balaban J connectivity index is 2.81. The highest BCUT2D eigenvalue weighted by Gasteiger charge is 2.06. The fourth-order valence-corrected chi connectivity index (χ4v) is 1.76. The Kier molecular flexibility index (Phi) is 5.16. The first-order chi connectivity index (χ1) is 7.58. The fraction of sp³-hybridized carbons (Fsp3) is 0.538. The second-order valence-electron chi connectivity index (χ2n) is 4.22. The molecule has 0 unspecified atom stereocenters. The lowest BCUT2D eigenvalue weighted by molar-refractivity contribution is 0.384. The number of thiol groups is 1. The maximum absolute atomic E-state index is 5.41. The number of benzene rings is 1. The molecule has 0 saturated carbocycles. The predicted octanol–water partition coefficient (Wildman–Crippen LogP) is 2.67. The van der Waals surface area contributed by atoms with Crippen LogP contribution in [0.1, 0.15) is 16.7 Å². The van der Waals surface area contributed by atoms with E-state index in [1.54, 1.807) is 7.11 Å². The topological polar surface area (TPSA) is 12.5 Å². The summed E-state index contributed by atoms with van der Waals surface area (Å²) in [5, 5.41) is 0. The highest BCUT2D eigenvalue weighted by molar-refractivity contribution is 7.80. The molecule has 0 aliphatic rings. The number of nitrogens with zero attached hydrogens (tertiary/aromatic N) is 1. The maximum Gasteiger partial charge on any atom is 0.122 e. The van der Waals surface area contributed by atoms with Crippen LogP contribution in [0.25, 0.3) is 0 Å². The summed E-state index contributed by atoms with van der Waals surface area (Å²) in [4.78, 5) is 2.18. The van der Waals surface area contributed by atoms with Gasteiger partial charge in [0.1, 0.15) is 5.75 Å². The molecule has 0 spiro atoms. The first-order valence-electron chi connectivity index (χ1n) is 5.52. The summed E-state index contributed by atoms with van der Waals surface area (Å²) in [6, 6.07) is 4.34. The molecule has 0 atom stereocenters. The number of aryl methyl sites for hydroxylation is 2. The molecule has 1 aromatic carbocycles. The van der Waals surface area contributed by atoms with E-state index in [2.05, 4.69) is 50.6 Å². The summed E-state index contributed by atoms with van der Waals surface area (Å²) in [6.07, 6.45) is 1.00. The minimum absolute atomic E-state index is 0.785. The molecule has 0 aliphatic heterocycles. The highest BCUT2D eigenvalue weighted by Crippen LogP contribution is 2.23. The SMILES string of the molecule is COc1cc(C)c(C)cc1CCN(C)CS. The van der Waals surface area contributed by atoms with Gasteiger partial charge in [0.15, 0.2) is 0 Å². The van der Waals surface area contributed by atoms with Crippen LogP contribution < -0.4 is 4.74 Å². The van der Waals surface area contributed by atoms with E-state index in [1.807, 2.05) is 0 Å². The summed E-state index contributed by atoms with van der Waals surface area (Å²) in [5.41, 5.74) is 3.88. The van der Waals surface area contributed by atoms with Gasteiger partial charge in [0.25, 0.3) is 0 Å². The van der Waals surface area contributed by atoms with Crippen molar-refractivity contribution < 1.29 is 4.74 Å². The van der Waals surface area contributed by atoms with Crippen LogP contribution in [0.4, 0.5) is 0 Å². The largest absolute Gasteiger partial charge is 0.496 e. The molecule has 0 fully saturated rings. The Morgan fingerprint density at radius 1 is 1.25 bits per heavy atom. The lowest BCUT2D eigenvalue weighted by atomic mass is 10.0. The molecule has 2 nitrogen and oxygen atoms in total. The molecular formula is C13H21NOS. The molecule has 0 bridgehead atoms. The molecule has 0 radical (unpaired) electrons. The summed E-state index contributed by atoms with van der Waals surface area (Å²) in [6.45, 7) is 5.25. The number of rotatable bonds is 5. The first-order valence-corrected chi connectivity index (χ1v) is 6.15. The minimum atomic E-state index is 0.785. The molecule has 0 heterocycles. The van der Waals surface area contributed by atoms with Crippen molar-refractivity contribution in [1.29, 1.82) is 0 Å². The van der Waals surface area contributed by atoms with Gasteiger partial charge in [-0.3, -0.25) is 4.90 Å². The van der Waals surface area contributed by atoms with Gasteiger partial charge in [-0.05, 0) is 50.1 Å². The zero-order chi connectivity index (χ0) is 12.1. The van der Waals surface area contributed by atoms with Gasteiger partial charge in [-0.15, -0.1) is 0 Å². The summed E-state index contributed by atoms with van der Waals surface area (Å²) in [7, 11) is 3.80. The van der Waals surface area contributed by atoms with Crippen molar-refractivity contribution in [2.24, 2.45) is 0 Å². The minimum Gasteiger partial charge on any atom is -0.496 e. The van der Waals surface area contributed by atoms with Crippen LogP contribution in [0.15, 0.2) is 12.1 Å². The van der Waals surface area contributed by atoms with Gasteiger partial charge in [-0.2, -0.15) is 12.6 Å². The third-order valence-corrected chi connectivity index (χ3v) is 3.38. The van der Waals surface area contributed by atoms with Crippen LogP contribution in [-0.2, 0) is 6.42 Å². The van der Waals surface area contributed by atoms with Gasteiger partial charge in [0, 0.05) is 12.4 Å². The lowest BCUT2D eigenvalue weighted by Crippen LogP contribution is -2.19. The summed E-state index contributed by atoms with van der Waals surface area (Å²) < 4.78 is 5.41. The van der Waals surface area contributed by atoms with Crippen LogP contribution in [0.3, 0.4) is 0 Å². The van der Waals surface area contributed by atoms with E-state index >= 15 is 0 Å². The monoisotopic (exact) mass is 239 g/mol. The Hall–Kier alpha value is -0.670. The molecular weight excluding hydrogens is 218 g/mol. The number of hydrogen-bond acceptors (Lipinski definition) is 3. The van der Waals surface area contributed by atoms with Crippen molar-refractivity contribution in [2.75, 3.05) is 26.6 Å². The van der Waals surface area contributed by atoms with Gasteiger partial charge < -0.3 is 4.74 Å². The van der Waals surface area contributed by atoms with E-state index in [-0.39, 0.29) is 0 Å². The molecule has 3 heteroatoms. The van der Waals surface area contributed by atoms with Gasteiger partial charge in [0.05, 0.1) is 7.11 Å². The zero-order valence-electron chi connectivity index (χ0n) is 10.6. The standard InChI is InChI=1S/C13H21NOS/c1-10-7-12(5-6-14(3)9-16)13(15-4)8-11(10)2/h7-8,16H,5-6,9H2,1-4H3. The average Bonchev–Trinajstić information content (AvgIpc) is 2.29. The van der Waals surface area contributed by atoms with E-state index in [9.17, 15) is 0 Å². The van der Waals surface area contributed by atoms with E-state index in [4.69, 9.17) is 4.74 Å². The van der Waals surface area contributed by atoms with Gasteiger partial charge in [0.2, 0.25) is 0 Å². The molecule has 1 aromatic rings. The molecule has 16 heavy (non-hydrogen) atoms. The maximum atomic E-state index is 5.41. The number of likely N-dealkylation sites (N-methyl/N-ethyl adjacent to an activating group) is 1. The second-order valence-corrected chi connectivity index (χ2v) is 4.50. The third kappa shape index (κ3) is 3.42. The van der Waals surface area contributed by atoms with Crippen molar-refractivity contribution in [3.05, 3.63) is 28.8 Å². The predicted molar refractivity (Wildman–Crippen MR) is 72.7 cm³/mol. The quantitative estimate of drug-likeness (QED) is 0.626. The second kappa shape index (κ2) is 6.16. The van der Waals surface area contributed by atoms with Gasteiger partial charge in [-0.1, -0.05) is 6.07 Å². The van der Waals surface area contributed by atoms with Crippen molar-refractivity contribution in [1.82, 2.24) is 4.90 Å². The Morgan fingerprint density at radius 3 is 2.44 bits per heavy atom. The molecule has 0 aliphatic carbocycles. The number of hydrogen-bond donors (Lipinski definition) is 1. The van der Waals surface area contributed by atoms with Crippen molar-refractivity contribution in [3.8, 4) is 5.75 Å². The van der Waals surface area contributed by atoms with Crippen LogP contribution in [0.2, 0.25) is 0 Å². The van der Waals surface area contributed by atoms with E-state index in [0.717, 1.165) is 24.6 Å². The van der Waals surface area contributed by atoms with E-state index in [1.165, 1.54) is 16.7 Å². The van der Waals surface area contributed by atoms with Crippen molar-refractivity contribution in [3.63, 3.8) is 0 Å². The van der Waals surface area contributed by atoms with E-state index in [0.29, 0.717) is 0 Å². The van der Waals surface area contributed by atoms with E-state index < -0.39 is 0 Å². The highest BCUT2D eigenvalue weighted by atomic mass is 32.1.